The average molecular weight is 286 g/mol. The third-order valence-electron chi connectivity index (χ3n) is 3.33. The molecule has 0 saturated heterocycles. The van der Waals surface area contributed by atoms with Gasteiger partial charge in [-0.05, 0) is 49.6 Å². The number of nitrogens with one attached hydrogen (secondary N) is 1. The van der Waals surface area contributed by atoms with E-state index in [1.807, 2.05) is 18.2 Å². The average Bonchev–Trinajstić information content (AvgIpc) is 2.48. The molecule has 2 N–H and O–H groups in total. The Morgan fingerprint density at radius 3 is 2.38 bits per heavy atom. The highest BCUT2D eigenvalue weighted by Crippen LogP contribution is 2.17. The first-order valence-corrected chi connectivity index (χ1v) is 6.81. The molecule has 1 amide bonds. The van der Waals surface area contributed by atoms with Gasteiger partial charge < -0.3 is 10.4 Å². The second-order valence-corrected chi connectivity index (χ2v) is 5.22. The Morgan fingerprint density at radius 1 is 1.14 bits per heavy atom. The quantitative estimate of drug-likeness (QED) is 0.887. The molecular formula is C17H18FNO2. The zero-order valence-electron chi connectivity index (χ0n) is 11.8. The minimum atomic E-state index is -1.48. The lowest BCUT2D eigenvalue weighted by Crippen LogP contribution is -2.40. The fourth-order valence-electron chi connectivity index (χ4n) is 1.94. The first kappa shape index (κ1) is 15.2. The normalized spacial score (nSPS) is 13.5. The van der Waals surface area contributed by atoms with E-state index >= 15 is 0 Å². The molecule has 0 aliphatic rings. The van der Waals surface area contributed by atoms with Crippen molar-refractivity contribution in [3.8, 4) is 0 Å². The molecule has 21 heavy (non-hydrogen) atoms. The van der Waals surface area contributed by atoms with Crippen molar-refractivity contribution in [3.05, 3.63) is 66.0 Å². The summed E-state index contributed by atoms with van der Waals surface area (Å²) in [6.07, 6.45) is 0.757. The van der Waals surface area contributed by atoms with Crippen LogP contribution in [0.1, 0.15) is 18.9 Å². The van der Waals surface area contributed by atoms with E-state index in [1.54, 1.807) is 24.3 Å². The van der Waals surface area contributed by atoms with E-state index in [0.29, 0.717) is 12.1 Å². The van der Waals surface area contributed by atoms with Crippen molar-refractivity contribution in [1.82, 2.24) is 0 Å². The Hall–Kier alpha value is -2.20. The lowest BCUT2D eigenvalue weighted by Gasteiger charge is -2.22. The van der Waals surface area contributed by atoms with Crippen LogP contribution in [0.2, 0.25) is 0 Å². The Kier molecular flexibility index (Phi) is 4.70. The zero-order chi connectivity index (χ0) is 15.3. The molecular weight excluding hydrogens is 268 g/mol. The predicted molar refractivity (Wildman–Crippen MR) is 80.4 cm³/mol. The van der Waals surface area contributed by atoms with Gasteiger partial charge in [0.05, 0.1) is 0 Å². The highest BCUT2D eigenvalue weighted by atomic mass is 18.2. The molecule has 3 nitrogen and oxygen atoms in total. The summed E-state index contributed by atoms with van der Waals surface area (Å²) in [6.45, 7) is 1.48. The van der Waals surface area contributed by atoms with E-state index < -0.39 is 11.5 Å². The molecule has 0 fully saturated rings. The third-order valence-corrected chi connectivity index (χ3v) is 3.33. The lowest BCUT2D eigenvalue weighted by atomic mass is 9.96. The number of rotatable bonds is 5. The molecule has 4 heteroatoms. The number of aliphatic hydroxyl groups is 1. The number of carbonyl (C=O) groups is 1. The first-order valence-electron chi connectivity index (χ1n) is 6.81. The summed E-state index contributed by atoms with van der Waals surface area (Å²) in [5.74, 6) is -0.747. The van der Waals surface area contributed by atoms with Crippen LogP contribution in [0.15, 0.2) is 54.6 Å². The van der Waals surface area contributed by atoms with E-state index in [1.165, 1.54) is 19.1 Å². The van der Waals surface area contributed by atoms with Crippen molar-refractivity contribution in [1.29, 1.82) is 0 Å². The van der Waals surface area contributed by atoms with Crippen LogP contribution in [0.4, 0.5) is 10.1 Å². The molecule has 0 aliphatic carbocycles. The second kappa shape index (κ2) is 6.50. The van der Waals surface area contributed by atoms with Crippen molar-refractivity contribution in [2.45, 2.75) is 25.4 Å². The number of amides is 1. The number of carbonyl (C=O) groups excluding carboxylic acids is 1. The smallest absolute Gasteiger partial charge is 0.256 e. The topological polar surface area (TPSA) is 49.3 Å². The van der Waals surface area contributed by atoms with Crippen LogP contribution < -0.4 is 5.32 Å². The highest BCUT2D eigenvalue weighted by molar-refractivity contribution is 5.96. The minimum Gasteiger partial charge on any atom is -0.380 e. The van der Waals surface area contributed by atoms with Crippen LogP contribution in [-0.2, 0) is 11.2 Å². The van der Waals surface area contributed by atoms with Gasteiger partial charge in [-0.2, -0.15) is 0 Å². The second-order valence-electron chi connectivity index (χ2n) is 5.22. The molecule has 0 bridgehead atoms. The van der Waals surface area contributed by atoms with Crippen LogP contribution in [0.5, 0.6) is 0 Å². The van der Waals surface area contributed by atoms with E-state index in [-0.39, 0.29) is 12.2 Å². The molecule has 0 heterocycles. The van der Waals surface area contributed by atoms with E-state index in [4.69, 9.17) is 0 Å². The Labute approximate surface area is 123 Å². The molecule has 2 rings (SSSR count). The number of hydrogen-bond acceptors (Lipinski definition) is 2. The molecule has 0 aromatic heterocycles. The van der Waals surface area contributed by atoms with Crippen LogP contribution in [0, 0.1) is 5.82 Å². The summed E-state index contributed by atoms with van der Waals surface area (Å²) in [4.78, 5) is 12.1. The van der Waals surface area contributed by atoms with Crippen LogP contribution in [0.3, 0.4) is 0 Å². The monoisotopic (exact) mass is 286 g/mol. The van der Waals surface area contributed by atoms with Gasteiger partial charge in [0.1, 0.15) is 11.4 Å². The zero-order valence-corrected chi connectivity index (χ0v) is 11.8. The van der Waals surface area contributed by atoms with Crippen LogP contribution in [-0.4, -0.2) is 16.6 Å². The third kappa shape index (κ3) is 4.39. The fourth-order valence-corrected chi connectivity index (χ4v) is 1.94. The fraction of sp³-hybridized carbons (Fsp3) is 0.235. The van der Waals surface area contributed by atoms with Crippen molar-refractivity contribution in [2.75, 3.05) is 5.32 Å². The summed E-state index contributed by atoms with van der Waals surface area (Å²) in [5, 5.41) is 13.0. The van der Waals surface area contributed by atoms with Gasteiger partial charge in [-0.3, -0.25) is 4.79 Å². The minimum absolute atomic E-state index is 0.261. The number of anilines is 1. The van der Waals surface area contributed by atoms with Crippen molar-refractivity contribution in [3.63, 3.8) is 0 Å². The number of aryl methyl sites for hydroxylation is 1. The van der Waals surface area contributed by atoms with Gasteiger partial charge in [-0.1, -0.05) is 30.3 Å². The molecule has 0 aliphatic heterocycles. The molecule has 0 spiro atoms. The van der Waals surface area contributed by atoms with Crippen molar-refractivity contribution >= 4 is 11.6 Å². The van der Waals surface area contributed by atoms with Gasteiger partial charge in [0, 0.05) is 5.69 Å². The standard InChI is InChI=1S/C17H18FNO2/c1-17(21,12-11-13-7-9-14(18)10-8-13)16(20)19-15-5-3-2-4-6-15/h2-10,21H,11-12H2,1H3,(H,19,20)/t17-/m0/s1/i18-1. The summed E-state index contributed by atoms with van der Waals surface area (Å²) in [7, 11) is 0. The van der Waals surface area contributed by atoms with Gasteiger partial charge in [0.2, 0.25) is 0 Å². The van der Waals surface area contributed by atoms with E-state index in [2.05, 4.69) is 5.32 Å². The molecule has 0 radical (unpaired) electrons. The highest BCUT2D eigenvalue weighted by Gasteiger charge is 2.29. The molecule has 2 aromatic carbocycles. The Morgan fingerprint density at radius 2 is 1.76 bits per heavy atom. The summed E-state index contributed by atoms with van der Waals surface area (Å²) in [5.41, 5.74) is 0.0401. The lowest BCUT2D eigenvalue weighted by molar-refractivity contribution is -0.132. The molecule has 0 unspecified atom stereocenters. The number of hydrogen-bond donors (Lipinski definition) is 2. The van der Waals surface area contributed by atoms with Gasteiger partial charge in [-0.15, -0.1) is 0 Å². The largest absolute Gasteiger partial charge is 0.380 e. The summed E-state index contributed by atoms with van der Waals surface area (Å²) < 4.78 is 12.8. The predicted octanol–water partition coefficient (Wildman–Crippen LogP) is 3.15. The van der Waals surface area contributed by atoms with Gasteiger partial charge in [0.25, 0.3) is 5.91 Å². The number of halogens is 1. The molecule has 2 aromatic rings. The van der Waals surface area contributed by atoms with Gasteiger partial charge in [-0.25, -0.2) is 4.39 Å². The van der Waals surface area contributed by atoms with E-state index in [0.717, 1.165) is 5.56 Å². The SMILES string of the molecule is C[C@](O)(CCc1ccc([18F])cc1)C(=O)Nc1ccccc1. The molecule has 1 atom stereocenters. The number of para-hydroxylation sites is 1. The maximum Gasteiger partial charge on any atom is 0.256 e. The summed E-state index contributed by atoms with van der Waals surface area (Å²) in [6, 6.07) is 15.0. The van der Waals surface area contributed by atoms with Gasteiger partial charge >= 0.3 is 0 Å². The number of benzene rings is 2. The molecule has 110 valence electrons. The van der Waals surface area contributed by atoms with Crippen molar-refractivity contribution in [2.24, 2.45) is 0 Å². The maximum absolute atomic E-state index is 12.8. The summed E-state index contributed by atoms with van der Waals surface area (Å²) >= 11 is 0. The van der Waals surface area contributed by atoms with Crippen LogP contribution in [0.25, 0.3) is 0 Å². The van der Waals surface area contributed by atoms with Gasteiger partial charge in [0.15, 0.2) is 0 Å². The van der Waals surface area contributed by atoms with E-state index in [9.17, 15) is 14.3 Å². The molecule has 0 saturated carbocycles. The Bertz CT molecular complexity index is 594. The Balaban J connectivity index is 1.94. The first-order chi connectivity index (χ1) is 9.97. The van der Waals surface area contributed by atoms with Crippen LogP contribution >= 0.6 is 0 Å². The maximum atomic E-state index is 12.8. The van der Waals surface area contributed by atoms with Crippen molar-refractivity contribution < 1.29 is 14.3 Å².